The summed E-state index contributed by atoms with van der Waals surface area (Å²) in [5.41, 5.74) is 3.55. The highest BCUT2D eigenvalue weighted by Crippen LogP contribution is 2.30. The first kappa shape index (κ1) is 21.5. The smallest absolute Gasteiger partial charge is 0.255 e. The molecular weight excluding hydrogens is 420 g/mol. The van der Waals surface area contributed by atoms with E-state index in [2.05, 4.69) is 16.0 Å². The molecule has 0 spiro atoms. The molecule has 172 valence electrons. The van der Waals surface area contributed by atoms with Crippen molar-refractivity contribution in [1.29, 1.82) is 0 Å². The highest BCUT2D eigenvalue weighted by atomic mass is 16.5. The monoisotopic (exact) mass is 448 g/mol. The number of carbonyl (C=O) groups excluding carboxylic acids is 3. The van der Waals surface area contributed by atoms with Crippen molar-refractivity contribution >= 4 is 23.4 Å². The summed E-state index contributed by atoms with van der Waals surface area (Å²) in [6, 6.07) is 13.0. The minimum atomic E-state index is -0.601. The standard InChI is InChI=1S/C25H28N4O4/c30-23-9-8-22(24(31)28-23)29-15-21-16(2-1-3-20(21)25(29)32)14-27-17-4-6-18(7-5-17)33-19-10-12-26-13-11-19/h1-7,19,22,26-27H,8-15H2,(H,28,30,31). The summed E-state index contributed by atoms with van der Waals surface area (Å²) in [6.07, 6.45) is 2.93. The van der Waals surface area contributed by atoms with Crippen molar-refractivity contribution in [2.75, 3.05) is 18.4 Å². The lowest BCUT2D eigenvalue weighted by molar-refractivity contribution is -0.136. The van der Waals surface area contributed by atoms with Gasteiger partial charge in [0.2, 0.25) is 11.8 Å². The molecule has 0 saturated carbocycles. The molecule has 33 heavy (non-hydrogen) atoms. The van der Waals surface area contributed by atoms with Gasteiger partial charge in [-0.1, -0.05) is 12.1 Å². The van der Waals surface area contributed by atoms with Crippen LogP contribution in [0.25, 0.3) is 0 Å². The Morgan fingerprint density at radius 2 is 1.79 bits per heavy atom. The van der Waals surface area contributed by atoms with Crippen LogP contribution in [0.1, 0.15) is 47.2 Å². The van der Waals surface area contributed by atoms with Gasteiger partial charge in [0.25, 0.3) is 5.91 Å². The van der Waals surface area contributed by atoms with Crippen LogP contribution in [-0.4, -0.2) is 47.9 Å². The van der Waals surface area contributed by atoms with Crippen molar-refractivity contribution in [3.8, 4) is 5.75 Å². The molecule has 3 heterocycles. The number of benzene rings is 2. The van der Waals surface area contributed by atoms with Crippen LogP contribution in [0.15, 0.2) is 42.5 Å². The van der Waals surface area contributed by atoms with E-state index >= 15 is 0 Å². The SMILES string of the molecule is O=C1CCC(N2Cc3c(CNc4ccc(OC5CCNCC5)cc4)cccc3C2=O)C(=O)N1. The van der Waals surface area contributed by atoms with Gasteiger partial charge in [0.15, 0.2) is 0 Å². The topological polar surface area (TPSA) is 99.8 Å². The molecule has 0 aliphatic carbocycles. The van der Waals surface area contributed by atoms with Gasteiger partial charge in [0, 0.05) is 30.8 Å². The predicted molar refractivity (Wildman–Crippen MR) is 123 cm³/mol. The van der Waals surface area contributed by atoms with Crippen molar-refractivity contribution in [3.05, 3.63) is 59.2 Å². The van der Waals surface area contributed by atoms with Crippen LogP contribution in [0.5, 0.6) is 5.75 Å². The summed E-state index contributed by atoms with van der Waals surface area (Å²) in [7, 11) is 0. The minimum Gasteiger partial charge on any atom is -0.490 e. The fraction of sp³-hybridized carbons (Fsp3) is 0.400. The third kappa shape index (κ3) is 4.57. The number of anilines is 1. The molecule has 2 fully saturated rings. The average molecular weight is 449 g/mol. The van der Waals surface area contributed by atoms with Crippen LogP contribution in [0, 0.1) is 0 Å². The lowest BCUT2D eigenvalue weighted by Crippen LogP contribution is -2.52. The first-order valence-corrected chi connectivity index (χ1v) is 11.6. The molecule has 3 aliphatic rings. The van der Waals surface area contributed by atoms with Gasteiger partial charge in [-0.3, -0.25) is 19.7 Å². The first-order chi connectivity index (χ1) is 16.1. The van der Waals surface area contributed by atoms with Crippen LogP contribution in [0.3, 0.4) is 0 Å². The average Bonchev–Trinajstić information content (AvgIpc) is 3.16. The number of carbonyl (C=O) groups is 3. The number of ether oxygens (including phenoxy) is 1. The van der Waals surface area contributed by atoms with E-state index in [4.69, 9.17) is 4.74 Å². The van der Waals surface area contributed by atoms with Gasteiger partial charge in [0.05, 0.1) is 0 Å². The maximum absolute atomic E-state index is 13.0. The van der Waals surface area contributed by atoms with Crippen LogP contribution < -0.4 is 20.7 Å². The number of amides is 3. The predicted octanol–water partition coefficient (Wildman–Crippen LogP) is 2.19. The maximum Gasteiger partial charge on any atom is 0.255 e. The Hall–Kier alpha value is -3.39. The fourth-order valence-electron chi connectivity index (χ4n) is 4.77. The molecule has 0 bridgehead atoms. The zero-order chi connectivity index (χ0) is 22.8. The van der Waals surface area contributed by atoms with E-state index in [0.29, 0.717) is 25.1 Å². The van der Waals surface area contributed by atoms with E-state index in [1.165, 1.54) is 0 Å². The van der Waals surface area contributed by atoms with Crippen molar-refractivity contribution in [2.24, 2.45) is 0 Å². The van der Waals surface area contributed by atoms with Gasteiger partial charge in [-0.15, -0.1) is 0 Å². The summed E-state index contributed by atoms with van der Waals surface area (Å²) in [6.45, 7) is 2.93. The number of piperidine rings is 2. The molecule has 5 rings (SSSR count). The van der Waals surface area contributed by atoms with E-state index < -0.39 is 6.04 Å². The fourth-order valence-corrected chi connectivity index (χ4v) is 4.77. The van der Waals surface area contributed by atoms with E-state index in [0.717, 1.165) is 48.5 Å². The second kappa shape index (κ2) is 9.23. The molecule has 8 nitrogen and oxygen atoms in total. The normalized spacial score (nSPS) is 21.0. The van der Waals surface area contributed by atoms with Gasteiger partial charge in [0.1, 0.15) is 17.9 Å². The zero-order valence-electron chi connectivity index (χ0n) is 18.4. The van der Waals surface area contributed by atoms with Gasteiger partial charge in [-0.25, -0.2) is 0 Å². The second-order valence-electron chi connectivity index (χ2n) is 8.79. The molecule has 8 heteroatoms. The largest absolute Gasteiger partial charge is 0.490 e. The Bertz CT molecular complexity index is 1060. The van der Waals surface area contributed by atoms with Gasteiger partial charge < -0.3 is 20.3 Å². The van der Waals surface area contributed by atoms with Crippen molar-refractivity contribution in [2.45, 2.75) is 50.9 Å². The summed E-state index contributed by atoms with van der Waals surface area (Å²) in [4.78, 5) is 38.3. The quantitative estimate of drug-likeness (QED) is 0.586. The van der Waals surface area contributed by atoms with E-state index in [1.54, 1.807) is 11.0 Å². The third-order valence-electron chi connectivity index (χ3n) is 6.61. The lowest BCUT2D eigenvalue weighted by atomic mass is 10.0. The lowest BCUT2D eigenvalue weighted by Gasteiger charge is -2.29. The molecule has 0 radical (unpaired) electrons. The van der Waals surface area contributed by atoms with Crippen molar-refractivity contribution in [1.82, 2.24) is 15.5 Å². The van der Waals surface area contributed by atoms with Gasteiger partial charge in [-0.05, 0) is 73.8 Å². The van der Waals surface area contributed by atoms with Crippen LogP contribution in [0.2, 0.25) is 0 Å². The van der Waals surface area contributed by atoms with E-state index in [1.807, 2.05) is 36.4 Å². The number of nitrogens with zero attached hydrogens (tertiary/aromatic N) is 1. The molecular formula is C25H28N4O4. The molecule has 1 atom stereocenters. The number of imide groups is 1. The molecule has 2 aromatic rings. The number of hydrogen-bond donors (Lipinski definition) is 3. The highest BCUT2D eigenvalue weighted by molar-refractivity contribution is 6.05. The van der Waals surface area contributed by atoms with Crippen molar-refractivity contribution < 1.29 is 19.1 Å². The van der Waals surface area contributed by atoms with Crippen LogP contribution in [0.4, 0.5) is 5.69 Å². The third-order valence-corrected chi connectivity index (χ3v) is 6.61. The summed E-state index contributed by atoms with van der Waals surface area (Å²) < 4.78 is 6.07. The van der Waals surface area contributed by atoms with Gasteiger partial charge >= 0.3 is 0 Å². The summed E-state index contributed by atoms with van der Waals surface area (Å²) in [5.74, 6) is 0.0515. The number of rotatable bonds is 6. The Morgan fingerprint density at radius 3 is 2.55 bits per heavy atom. The molecule has 3 aliphatic heterocycles. The molecule has 2 saturated heterocycles. The Morgan fingerprint density at radius 1 is 1.00 bits per heavy atom. The zero-order valence-corrected chi connectivity index (χ0v) is 18.4. The highest BCUT2D eigenvalue weighted by Gasteiger charge is 2.39. The molecule has 3 amide bonds. The number of nitrogens with one attached hydrogen (secondary N) is 3. The molecule has 1 unspecified atom stereocenters. The summed E-state index contributed by atoms with van der Waals surface area (Å²) >= 11 is 0. The molecule has 3 N–H and O–H groups in total. The Balaban J connectivity index is 1.23. The molecule has 2 aromatic carbocycles. The van der Waals surface area contributed by atoms with Crippen LogP contribution >= 0.6 is 0 Å². The Labute approximate surface area is 192 Å². The minimum absolute atomic E-state index is 0.152. The number of fused-ring (bicyclic) bond motifs is 1. The Kier molecular flexibility index (Phi) is 6.00. The summed E-state index contributed by atoms with van der Waals surface area (Å²) in [5, 5.41) is 9.11. The van der Waals surface area contributed by atoms with Crippen LogP contribution in [-0.2, 0) is 22.7 Å². The number of hydrogen-bond acceptors (Lipinski definition) is 6. The van der Waals surface area contributed by atoms with Crippen molar-refractivity contribution in [3.63, 3.8) is 0 Å². The molecule has 0 aromatic heterocycles. The first-order valence-electron chi connectivity index (χ1n) is 11.6. The van der Waals surface area contributed by atoms with Gasteiger partial charge in [-0.2, -0.15) is 0 Å². The van der Waals surface area contributed by atoms with E-state index in [-0.39, 0.29) is 30.2 Å². The van der Waals surface area contributed by atoms with E-state index in [9.17, 15) is 14.4 Å². The second-order valence-corrected chi connectivity index (χ2v) is 8.79. The maximum atomic E-state index is 13.0.